The van der Waals surface area contributed by atoms with E-state index in [0.717, 1.165) is 12.8 Å². The van der Waals surface area contributed by atoms with E-state index in [1.807, 2.05) is 0 Å². The van der Waals surface area contributed by atoms with Crippen LogP contribution in [-0.4, -0.2) is 18.0 Å². The van der Waals surface area contributed by atoms with Crippen molar-refractivity contribution in [1.29, 1.82) is 0 Å². The molecule has 2 aliphatic rings. The predicted octanol–water partition coefficient (Wildman–Crippen LogP) is 4.07. The molecule has 2 fully saturated rings. The summed E-state index contributed by atoms with van der Waals surface area (Å²) in [7, 11) is 0. The van der Waals surface area contributed by atoms with Crippen molar-refractivity contribution >= 4 is 29.9 Å². The molecule has 1 aromatic carbocycles. The van der Waals surface area contributed by atoms with Crippen LogP contribution in [0.4, 0.5) is 8.78 Å². The Labute approximate surface area is 153 Å². The average molecular weight is 435 g/mol. The molecule has 2 unspecified atom stereocenters. The second-order valence-electron chi connectivity index (χ2n) is 6.39. The molecule has 0 radical (unpaired) electrons. The van der Waals surface area contributed by atoms with Crippen LogP contribution in [0.25, 0.3) is 0 Å². The van der Waals surface area contributed by atoms with Gasteiger partial charge in [-0.2, -0.15) is 0 Å². The standard InChI is InChI=1S/C17H23F2N3.HI/c18-13-8-5-9-14(19)16(13)12-10-15(12)22-17(20)21-11-6-3-1-2-4-7-11;/h5,8-9,11-12,15H,1-4,6-7,10H2,(H3,20,21,22);1H. The van der Waals surface area contributed by atoms with Crippen molar-refractivity contribution < 1.29 is 8.78 Å². The number of nitrogens with zero attached hydrogens (tertiary/aromatic N) is 1. The number of aliphatic imine (C=N–C) groups is 1. The summed E-state index contributed by atoms with van der Waals surface area (Å²) < 4.78 is 27.5. The number of benzene rings is 1. The third-order valence-electron chi connectivity index (χ3n) is 4.64. The van der Waals surface area contributed by atoms with Gasteiger partial charge >= 0.3 is 0 Å². The van der Waals surface area contributed by atoms with Crippen molar-refractivity contribution in [3.63, 3.8) is 0 Å². The van der Waals surface area contributed by atoms with Crippen LogP contribution in [0.1, 0.15) is 56.4 Å². The van der Waals surface area contributed by atoms with Gasteiger partial charge in [-0.05, 0) is 31.4 Å². The topological polar surface area (TPSA) is 50.4 Å². The largest absolute Gasteiger partial charge is 0.370 e. The van der Waals surface area contributed by atoms with Crippen molar-refractivity contribution in [2.75, 3.05) is 0 Å². The van der Waals surface area contributed by atoms with Crippen molar-refractivity contribution in [3.05, 3.63) is 35.4 Å². The van der Waals surface area contributed by atoms with Crippen LogP contribution in [0, 0.1) is 11.6 Å². The number of nitrogens with one attached hydrogen (secondary N) is 1. The van der Waals surface area contributed by atoms with Crippen molar-refractivity contribution in [1.82, 2.24) is 5.32 Å². The molecule has 0 aliphatic heterocycles. The van der Waals surface area contributed by atoms with E-state index in [4.69, 9.17) is 5.73 Å². The zero-order valence-corrected chi connectivity index (χ0v) is 15.4. The molecule has 0 aromatic heterocycles. The number of hydrogen-bond acceptors (Lipinski definition) is 1. The van der Waals surface area contributed by atoms with E-state index in [1.165, 1.54) is 43.9 Å². The summed E-state index contributed by atoms with van der Waals surface area (Å²) in [6.45, 7) is 0. The fraction of sp³-hybridized carbons (Fsp3) is 0.588. The summed E-state index contributed by atoms with van der Waals surface area (Å²) in [5.41, 5.74) is 6.12. The van der Waals surface area contributed by atoms with Gasteiger partial charge in [0.15, 0.2) is 5.96 Å². The third-order valence-corrected chi connectivity index (χ3v) is 4.64. The molecule has 2 aliphatic carbocycles. The van der Waals surface area contributed by atoms with Gasteiger partial charge in [-0.1, -0.05) is 31.7 Å². The van der Waals surface area contributed by atoms with Crippen LogP contribution in [0.2, 0.25) is 0 Å². The molecule has 0 saturated heterocycles. The molecule has 0 heterocycles. The van der Waals surface area contributed by atoms with Crippen LogP contribution in [0.5, 0.6) is 0 Å². The van der Waals surface area contributed by atoms with Crippen molar-refractivity contribution in [2.45, 2.75) is 62.9 Å². The maximum atomic E-state index is 13.7. The van der Waals surface area contributed by atoms with Crippen LogP contribution >= 0.6 is 24.0 Å². The smallest absolute Gasteiger partial charge is 0.189 e. The molecule has 1 aromatic rings. The highest BCUT2D eigenvalue weighted by Crippen LogP contribution is 2.45. The van der Waals surface area contributed by atoms with Gasteiger partial charge in [-0.25, -0.2) is 13.8 Å². The Balaban J connectivity index is 0.00000192. The maximum Gasteiger partial charge on any atom is 0.189 e. The molecule has 0 spiro atoms. The molecule has 0 bridgehead atoms. The Kier molecular flexibility index (Phi) is 6.61. The molecule has 0 amide bonds. The second kappa shape index (κ2) is 8.26. The fourth-order valence-corrected chi connectivity index (χ4v) is 3.35. The summed E-state index contributed by atoms with van der Waals surface area (Å²) in [4.78, 5) is 4.40. The number of hydrogen-bond donors (Lipinski definition) is 2. The Morgan fingerprint density at radius 3 is 2.30 bits per heavy atom. The third kappa shape index (κ3) is 4.78. The number of guanidine groups is 1. The molecule has 3 rings (SSSR count). The lowest BCUT2D eigenvalue weighted by molar-refractivity contribution is 0.529. The Morgan fingerprint density at radius 2 is 1.70 bits per heavy atom. The van der Waals surface area contributed by atoms with Gasteiger partial charge in [-0.15, -0.1) is 24.0 Å². The monoisotopic (exact) mass is 435 g/mol. The Bertz CT molecular complexity index is 537. The van der Waals surface area contributed by atoms with E-state index in [-0.39, 0.29) is 41.5 Å². The maximum absolute atomic E-state index is 13.7. The van der Waals surface area contributed by atoms with Gasteiger partial charge in [0.2, 0.25) is 0 Å². The molecule has 2 saturated carbocycles. The quantitative estimate of drug-likeness (QED) is 0.326. The zero-order valence-electron chi connectivity index (χ0n) is 13.1. The van der Waals surface area contributed by atoms with Gasteiger partial charge < -0.3 is 11.1 Å². The first-order valence-corrected chi connectivity index (χ1v) is 8.19. The van der Waals surface area contributed by atoms with Crippen molar-refractivity contribution in [3.8, 4) is 0 Å². The van der Waals surface area contributed by atoms with E-state index in [2.05, 4.69) is 10.3 Å². The molecule has 23 heavy (non-hydrogen) atoms. The SMILES string of the molecule is I.NC(=NC1CC1c1c(F)cccc1F)NC1CCCCCC1. The first-order chi connectivity index (χ1) is 10.6. The van der Waals surface area contributed by atoms with E-state index in [1.54, 1.807) is 0 Å². The lowest BCUT2D eigenvalue weighted by Crippen LogP contribution is -2.40. The van der Waals surface area contributed by atoms with Crippen LogP contribution in [0.15, 0.2) is 23.2 Å². The first-order valence-electron chi connectivity index (χ1n) is 8.19. The molecule has 3 nitrogen and oxygen atoms in total. The van der Waals surface area contributed by atoms with Crippen molar-refractivity contribution in [2.24, 2.45) is 10.7 Å². The normalized spacial score (nSPS) is 25.4. The Hall–Kier alpha value is -0.920. The number of nitrogens with two attached hydrogens (primary N) is 1. The minimum absolute atomic E-state index is 0. The average Bonchev–Trinajstić information content (AvgIpc) is 3.23. The minimum Gasteiger partial charge on any atom is -0.370 e. The first kappa shape index (κ1) is 18.4. The molecule has 3 N–H and O–H groups in total. The summed E-state index contributed by atoms with van der Waals surface area (Å²) in [6.07, 6.45) is 7.90. The van der Waals surface area contributed by atoms with Gasteiger partial charge in [0.05, 0.1) is 6.04 Å². The summed E-state index contributed by atoms with van der Waals surface area (Å²) >= 11 is 0. The highest BCUT2D eigenvalue weighted by Gasteiger charge is 2.42. The van der Waals surface area contributed by atoms with E-state index in [0.29, 0.717) is 18.4 Å². The lowest BCUT2D eigenvalue weighted by Gasteiger charge is -2.16. The number of halogens is 3. The fourth-order valence-electron chi connectivity index (χ4n) is 3.35. The molecule has 2 atom stereocenters. The van der Waals surface area contributed by atoms with E-state index >= 15 is 0 Å². The predicted molar refractivity (Wildman–Crippen MR) is 99.2 cm³/mol. The lowest BCUT2D eigenvalue weighted by atomic mass is 10.1. The Morgan fingerprint density at radius 1 is 1.09 bits per heavy atom. The summed E-state index contributed by atoms with van der Waals surface area (Å²) in [5, 5.41) is 3.27. The van der Waals surface area contributed by atoms with Gasteiger partial charge in [0, 0.05) is 17.5 Å². The van der Waals surface area contributed by atoms with Gasteiger partial charge in [0.1, 0.15) is 11.6 Å². The van der Waals surface area contributed by atoms with Crippen LogP contribution in [-0.2, 0) is 0 Å². The van der Waals surface area contributed by atoms with Gasteiger partial charge in [0.25, 0.3) is 0 Å². The zero-order chi connectivity index (χ0) is 15.5. The molecule has 6 heteroatoms. The molecule has 128 valence electrons. The van der Waals surface area contributed by atoms with E-state index < -0.39 is 11.6 Å². The summed E-state index contributed by atoms with van der Waals surface area (Å²) in [6, 6.07) is 4.25. The van der Waals surface area contributed by atoms with Crippen LogP contribution in [0.3, 0.4) is 0 Å². The number of rotatable bonds is 3. The molecular weight excluding hydrogens is 411 g/mol. The van der Waals surface area contributed by atoms with Gasteiger partial charge in [-0.3, -0.25) is 0 Å². The molecular formula is C17H24F2IN3. The highest BCUT2D eigenvalue weighted by molar-refractivity contribution is 14.0. The van der Waals surface area contributed by atoms with Crippen LogP contribution < -0.4 is 11.1 Å². The highest BCUT2D eigenvalue weighted by atomic mass is 127. The second-order valence-corrected chi connectivity index (χ2v) is 6.39. The minimum atomic E-state index is -0.488. The van der Waals surface area contributed by atoms with E-state index in [9.17, 15) is 8.78 Å². The summed E-state index contributed by atoms with van der Waals surface area (Å²) in [5.74, 6) is -0.747.